The van der Waals surface area contributed by atoms with Crippen LogP contribution < -0.4 is 11.1 Å². The van der Waals surface area contributed by atoms with Crippen LogP contribution in [0.4, 0.5) is 0 Å². The molecular weight excluding hydrogens is 192 g/mol. The molecule has 0 radical (unpaired) electrons. The standard InChI is InChI=1S/C11H16N2S/c12-6-3-7-13-10-8-14-11-5-2-1-4-9(10)11/h1-2,4-5,10,13H,3,6-8,12H2. The smallest absolute Gasteiger partial charge is 0.0426 e. The third kappa shape index (κ3) is 2.11. The molecule has 1 aliphatic heterocycles. The molecule has 3 heteroatoms. The lowest BCUT2D eigenvalue weighted by Crippen LogP contribution is -2.23. The van der Waals surface area contributed by atoms with Gasteiger partial charge in [-0.05, 0) is 31.1 Å². The molecule has 1 aromatic rings. The number of fused-ring (bicyclic) bond motifs is 1. The highest BCUT2D eigenvalue weighted by Crippen LogP contribution is 2.37. The Labute approximate surface area is 89.3 Å². The van der Waals surface area contributed by atoms with Crippen LogP contribution in [0.2, 0.25) is 0 Å². The minimum Gasteiger partial charge on any atom is -0.330 e. The fourth-order valence-corrected chi connectivity index (χ4v) is 2.91. The lowest BCUT2D eigenvalue weighted by Gasteiger charge is -2.12. The van der Waals surface area contributed by atoms with Gasteiger partial charge in [0.2, 0.25) is 0 Å². The molecule has 0 aliphatic carbocycles. The Morgan fingerprint density at radius 3 is 3.14 bits per heavy atom. The van der Waals surface area contributed by atoms with Crippen molar-refractivity contribution >= 4 is 11.8 Å². The summed E-state index contributed by atoms with van der Waals surface area (Å²) in [5.41, 5.74) is 6.92. The van der Waals surface area contributed by atoms with Crippen molar-refractivity contribution in [1.29, 1.82) is 0 Å². The topological polar surface area (TPSA) is 38.0 Å². The van der Waals surface area contributed by atoms with Crippen molar-refractivity contribution in [2.45, 2.75) is 17.4 Å². The zero-order valence-corrected chi connectivity index (χ0v) is 9.02. The summed E-state index contributed by atoms with van der Waals surface area (Å²) in [5, 5.41) is 3.54. The van der Waals surface area contributed by atoms with Gasteiger partial charge >= 0.3 is 0 Å². The fraction of sp³-hybridized carbons (Fsp3) is 0.455. The summed E-state index contributed by atoms with van der Waals surface area (Å²) in [7, 11) is 0. The SMILES string of the molecule is NCCCNC1CSc2ccccc21. The molecule has 0 saturated carbocycles. The molecule has 2 nitrogen and oxygen atoms in total. The van der Waals surface area contributed by atoms with Gasteiger partial charge in [0.1, 0.15) is 0 Å². The van der Waals surface area contributed by atoms with Gasteiger partial charge in [-0.2, -0.15) is 0 Å². The van der Waals surface area contributed by atoms with Crippen molar-refractivity contribution in [2.75, 3.05) is 18.8 Å². The summed E-state index contributed by atoms with van der Waals surface area (Å²) in [6.07, 6.45) is 1.06. The van der Waals surface area contributed by atoms with Gasteiger partial charge in [0, 0.05) is 16.7 Å². The van der Waals surface area contributed by atoms with E-state index in [9.17, 15) is 0 Å². The summed E-state index contributed by atoms with van der Waals surface area (Å²) < 4.78 is 0. The Hall–Kier alpha value is -0.510. The van der Waals surface area contributed by atoms with Crippen LogP contribution in [0.15, 0.2) is 29.2 Å². The number of thioether (sulfide) groups is 1. The van der Waals surface area contributed by atoms with E-state index in [0.717, 1.165) is 25.3 Å². The van der Waals surface area contributed by atoms with E-state index in [4.69, 9.17) is 5.73 Å². The predicted octanol–water partition coefficient (Wildman–Crippen LogP) is 1.77. The Morgan fingerprint density at radius 2 is 2.29 bits per heavy atom. The van der Waals surface area contributed by atoms with Gasteiger partial charge in [-0.3, -0.25) is 0 Å². The second kappa shape index (κ2) is 4.82. The van der Waals surface area contributed by atoms with Gasteiger partial charge in [0.25, 0.3) is 0 Å². The quantitative estimate of drug-likeness (QED) is 0.741. The van der Waals surface area contributed by atoms with Crippen molar-refractivity contribution in [3.63, 3.8) is 0 Å². The first kappa shape index (κ1) is 10.0. The first-order valence-electron chi connectivity index (χ1n) is 5.07. The molecular formula is C11H16N2S. The molecule has 76 valence electrons. The van der Waals surface area contributed by atoms with E-state index >= 15 is 0 Å². The Bertz CT molecular complexity index is 301. The molecule has 2 rings (SSSR count). The van der Waals surface area contributed by atoms with Gasteiger partial charge in [-0.25, -0.2) is 0 Å². The lowest BCUT2D eigenvalue weighted by atomic mass is 10.1. The van der Waals surface area contributed by atoms with E-state index in [1.165, 1.54) is 10.5 Å². The molecule has 0 aromatic heterocycles. The van der Waals surface area contributed by atoms with Crippen molar-refractivity contribution in [3.05, 3.63) is 29.8 Å². The predicted molar refractivity (Wildman–Crippen MR) is 61.6 cm³/mol. The van der Waals surface area contributed by atoms with Crippen molar-refractivity contribution in [3.8, 4) is 0 Å². The van der Waals surface area contributed by atoms with Crippen LogP contribution in [0.3, 0.4) is 0 Å². The Morgan fingerprint density at radius 1 is 1.43 bits per heavy atom. The maximum atomic E-state index is 5.46. The van der Waals surface area contributed by atoms with Crippen LogP contribution in [0, 0.1) is 0 Å². The Balaban J connectivity index is 1.96. The van der Waals surface area contributed by atoms with E-state index < -0.39 is 0 Å². The van der Waals surface area contributed by atoms with E-state index in [-0.39, 0.29) is 0 Å². The second-order valence-electron chi connectivity index (χ2n) is 3.50. The average Bonchev–Trinajstić information content (AvgIpc) is 2.63. The van der Waals surface area contributed by atoms with Crippen molar-refractivity contribution in [2.24, 2.45) is 5.73 Å². The minimum atomic E-state index is 0.530. The molecule has 14 heavy (non-hydrogen) atoms. The average molecular weight is 208 g/mol. The minimum absolute atomic E-state index is 0.530. The number of rotatable bonds is 4. The van der Waals surface area contributed by atoms with Crippen LogP contribution >= 0.6 is 11.8 Å². The molecule has 1 aromatic carbocycles. The number of hydrogen-bond donors (Lipinski definition) is 2. The van der Waals surface area contributed by atoms with Gasteiger partial charge < -0.3 is 11.1 Å². The molecule has 0 saturated heterocycles. The summed E-state index contributed by atoms with van der Waals surface area (Å²) in [4.78, 5) is 1.43. The third-order valence-corrected chi connectivity index (χ3v) is 3.65. The largest absolute Gasteiger partial charge is 0.330 e. The first-order valence-corrected chi connectivity index (χ1v) is 6.05. The summed E-state index contributed by atoms with van der Waals surface area (Å²) >= 11 is 1.94. The van der Waals surface area contributed by atoms with Crippen molar-refractivity contribution in [1.82, 2.24) is 5.32 Å². The maximum Gasteiger partial charge on any atom is 0.0426 e. The highest BCUT2D eigenvalue weighted by molar-refractivity contribution is 7.99. The van der Waals surface area contributed by atoms with E-state index in [1.54, 1.807) is 0 Å². The van der Waals surface area contributed by atoms with Gasteiger partial charge in [0.15, 0.2) is 0 Å². The fourth-order valence-electron chi connectivity index (χ4n) is 1.71. The Kier molecular flexibility index (Phi) is 3.45. The molecule has 0 bridgehead atoms. The molecule has 1 aliphatic rings. The van der Waals surface area contributed by atoms with Crippen LogP contribution in [-0.2, 0) is 0 Å². The van der Waals surface area contributed by atoms with E-state index in [0.29, 0.717) is 6.04 Å². The summed E-state index contributed by atoms with van der Waals surface area (Å²) in [5.74, 6) is 1.16. The molecule has 0 fully saturated rings. The maximum absolute atomic E-state index is 5.46. The van der Waals surface area contributed by atoms with Crippen LogP contribution in [0.1, 0.15) is 18.0 Å². The summed E-state index contributed by atoms with van der Waals surface area (Å²) in [6, 6.07) is 9.17. The highest BCUT2D eigenvalue weighted by Gasteiger charge is 2.21. The number of nitrogens with two attached hydrogens (primary N) is 1. The normalized spacial score (nSPS) is 19.6. The first-order chi connectivity index (χ1) is 6.92. The molecule has 3 N–H and O–H groups in total. The lowest BCUT2D eigenvalue weighted by molar-refractivity contribution is 0.569. The molecule has 1 unspecified atom stereocenters. The van der Waals surface area contributed by atoms with E-state index in [1.807, 2.05) is 11.8 Å². The zero-order chi connectivity index (χ0) is 9.80. The van der Waals surface area contributed by atoms with E-state index in [2.05, 4.69) is 29.6 Å². The van der Waals surface area contributed by atoms with Gasteiger partial charge in [-0.15, -0.1) is 11.8 Å². The van der Waals surface area contributed by atoms with Gasteiger partial charge in [-0.1, -0.05) is 18.2 Å². The molecule has 0 spiro atoms. The molecule has 1 atom stereocenters. The second-order valence-corrected chi connectivity index (χ2v) is 4.56. The third-order valence-electron chi connectivity index (χ3n) is 2.47. The monoisotopic (exact) mass is 208 g/mol. The molecule has 0 amide bonds. The van der Waals surface area contributed by atoms with Crippen molar-refractivity contribution < 1.29 is 0 Å². The zero-order valence-electron chi connectivity index (χ0n) is 8.20. The highest BCUT2D eigenvalue weighted by atomic mass is 32.2. The van der Waals surface area contributed by atoms with Crippen LogP contribution in [0.25, 0.3) is 0 Å². The van der Waals surface area contributed by atoms with Crippen LogP contribution in [0.5, 0.6) is 0 Å². The number of benzene rings is 1. The number of nitrogens with one attached hydrogen (secondary N) is 1. The van der Waals surface area contributed by atoms with Crippen LogP contribution in [-0.4, -0.2) is 18.8 Å². The molecule has 1 heterocycles. The van der Waals surface area contributed by atoms with Gasteiger partial charge in [0.05, 0.1) is 0 Å². The summed E-state index contributed by atoms with van der Waals surface area (Å²) in [6.45, 7) is 1.80. The number of hydrogen-bond acceptors (Lipinski definition) is 3.